The van der Waals surface area contributed by atoms with E-state index in [1.54, 1.807) is 0 Å². The van der Waals surface area contributed by atoms with E-state index in [4.69, 9.17) is 0 Å². The molecule has 0 N–H and O–H groups in total. The van der Waals surface area contributed by atoms with E-state index in [1.165, 1.54) is 70.6 Å². The highest BCUT2D eigenvalue weighted by Gasteiger charge is 2.15. The highest BCUT2D eigenvalue weighted by Crippen LogP contribution is 2.13. The zero-order valence-electron chi connectivity index (χ0n) is 16.5. The summed E-state index contributed by atoms with van der Waals surface area (Å²) in [4.78, 5) is 14.1. The van der Waals surface area contributed by atoms with Crippen molar-refractivity contribution in [2.24, 2.45) is 0 Å². The number of amides is 1. The average molecular weight is 346 g/mol. The molecule has 0 spiro atoms. The van der Waals surface area contributed by atoms with Crippen molar-refractivity contribution in [3.05, 3.63) is 12.2 Å². The Morgan fingerprint density at radius 3 is 2.44 bits per heavy atom. The molecular weight excluding hydrogens is 306 g/mol. The van der Waals surface area contributed by atoms with E-state index in [9.17, 15) is 4.79 Å². The summed E-state index contributed by atoms with van der Waals surface area (Å²) in [6, 6.07) is 0. The van der Waals surface area contributed by atoms with Crippen LogP contribution in [0.25, 0.3) is 0 Å². The first-order valence-corrected chi connectivity index (χ1v) is 10.7. The molecule has 0 aromatic rings. The average Bonchev–Trinajstić information content (AvgIpc) is 2.65. The predicted molar refractivity (Wildman–Crippen MR) is 108 cm³/mol. The Morgan fingerprint density at radius 1 is 0.880 bits per heavy atom. The van der Waals surface area contributed by atoms with Crippen LogP contribution in [0.5, 0.6) is 0 Å². The molecule has 2 nitrogen and oxygen atoms in total. The third-order valence-corrected chi connectivity index (χ3v) is 4.89. The molecule has 0 aliphatic carbocycles. The molecule has 0 aromatic heterocycles. The van der Waals surface area contributed by atoms with Gasteiger partial charge in [0.05, 0.1) is 0 Å². The van der Waals surface area contributed by atoms with Gasteiger partial charge in [-0.25, -0.2) is 0 Å². The van der Waals surface area contributed by atoms with Crippen LogP contribution in [-0.2, 0) is 4.79 Å². The Kier molecular flexibility index (Phi) is 14.2. The van der Waals surface area contributed by atoms with E-state index >= 15 is 0 Å². The molecule has 1 aliphatic heterocycles. The fourth-order valence-electron chi connectivity index (χ4n) is 3.25. The van der Waals surface area contributed by atoms with Gasteiger partial charge in [-0.3, -0.25) is 4.79 Å². The SMILES string of the molecule is CCCCCC#CCC=CCCCCCCCC(=O)N1CCCCC1. The maximum atomic E-state index is 12.0. The summed E-state index contributed by atoms with van der Waals surface area (Å²) in [5, 5.41) is 0. The molecule has 2 heteroatoms. The Labute approximate surface area is 156 Å². The third-order valence-electron chi connectivity index (χ3n) is 4.89. The Hall–Kier alpha value is -1.23. The van der Waals surface area contributed by atoms with Crippen LogP contribution in [0.2, 0.25) is 0 Å². The molecule has 1 saturated heterocycles. The Balaban J connectivity index is 1.85. The lowest BCUT2D eigenvalue weighted by Crippen LogP contribution is -2.35. The van der Waals surface area contributed by atoms with Gasteiger partial charge in [0.15, 0.2) is 0 Å². The van der Waals surface area contributed by atoms with Gasteiger partial charge in [-0.05, 0) is 44.9 Å². The molecule has 1 aliphatic rings. The zero-order valence-corrected chi connectivity index (χ0v) is 16.5. The summed E-state index contributed by atoms with van der Waals surface area (Å²) >= 11 is 0. The zero-order chi connectivity index (χ0) is 18.0. The number of hydrogen-bond acceptors (Lipinski definition) is 1. The third kappa shape index (κ3) is 12.7. The van der Waals surface area contributed by atoms with Crippen molar-refractivity contribution in [1.29, 1.82) is 0 Å². The van der Waals surface area contributed by atoms with Crippen LogP contribution in [0.4, 0.5) is 0 Å². The van der Waals surface area contributed by atoms with E-state index in [2.05, 4.69) is 35.8 Å². The second-order valence-electron chi connectivity index (χ2n) is 7.23. The smallest absolute Gasteiger partial charge is 0.222 e. The maximum absolute atomic E-state index is 12.0. The van der Waals surface area contributed by atoms with Gasteiger partial charge in [-0.2, -0.15) is 0 Å². The van der Waals surface area contributed by atoms with Gasteiger partial charge >= 0.3 is 0 Å². The van der Waals surface area contributed by atoms with Gasteiger partial charge < -0.3 is 4.90 Å². The van der Waals surface area contributed by atoms with Crippen LogP contribution < -0.4 is 0 Å². The maximum Gasteiger partial charge on any atom is 0.222 e. The fourth-order valence-corrected chi connectivity index (χ4v) is 3.25. The van der Waals surface area contributed by atoms with Crippen LogP contribution in [-0.4, -0.2) is 23.9 Å². The van der Waals surface area contributed by atoms with Gasteiger partial charge in [0.1, 0.15) is 0 Å². The molecule has 0 saturated carbocycles. The molecule has 1 rings (SSSR count). The summed E-state index contributed by atoms with van der Waals surface area (Å²) in [5.74, 6) is 6.86. The molecule has 0 atom stereocenters. The topological polar surface area (TPSA) is 20.3 Å². The quantitative estimate of drug-likeness (QED) is 0.232. The minimum atomic E-state index is 0.387. The molecule has 0 unspecified atom stereocenters. The van der Waals surface area contributed by atoms with Crippen molar-refractivity contribution in [2.75, 3.05) is 13.1 Å². The highest BCUT2D eigenvalue weighted by atomic mass is 16.2. The van der Waals surface area contributed by atoms with E-state index in [1.807, 2.05) is 0 Å². The molecule has 1 heterocycles. The minimum absolute atomic E-state index is 0.387. The van der Waals surface area contributed by atoms with E-state index in [0.717, 1.165) is 38.8 Å². The molecule has 0 radical (unpaired) electrons. The van der Waals surface area contributed by atoms with Crippen molar-refractivity contribution in [3.63, 3.8) is 0 Å². The fraction of sp³-hybridized carbons (Fsp3) is 0.783. The van der Waals surface area contributed by atoms with Gasteiger partial charge in [-0.1, -0.05) is 57.1 Å². The summed E-state index contributed by atoms with van der Waals surface area (Å²) in [7, 11) is 0. The molecule has 0 aromatic carbocycles. The number of piperidine rings is 1. The summed E-state index contributed by atoms with van der Waals surface area (Å²) in [6.45, 7) is 4.22. The minimum Gasteiger partial charge on any atom is -0.343 e. The molecule has 142 valence electrons. The van der Waals surface area contributed by atoms with E-state index < -0.39 is 0 Å². The largest absolute Gasteiger partial charge is 0.343 e. The number of carbonyl (C=O) groups excluding carboxylic acids is 1. The van der Waals surface area contributed by atoms with Gasteiger partial charge in [0.2, 0.25) is 5.91 Å². The van der Waals surface area contributed by atoms with E-state index in [-0.39, 0.29) is 0 Å². The number of nitrogens with zero attached hydrogens (tertiary/aromatic N) is 1. The lowest BCUT2D eigenvalue weighted by Gasteiger charge is -2.26. The van der Waals surface area contributed by atoms with Crippen LogP contribution in [0.1, 0.15) is 103 Å². The predicted octanol–water partition coefficient (Wildman–Crippen LogP) is 6.26. The van der Waals surface area contributed by atoms with Crippen LogP contribution in [0, 0.1) is 11.8 Å². The number of carbonyl (C=O) groups is 1. The molecule has 1 amide bonds. The van der Waals surface area contributed by atoms with Gasteiger partial charge in [-0.15, -0.1) is 5.92 Å². The number of likely N-dealkylation sites (tertiary alicyclic amines) is 1. The number of unbranched alkanes of at least 4 members (excludes halogenated alkanes) is 8. The van der Waals surface area contributed by atoms with Crippen molar-refractivity contribution in [2.45, 2.75) is 103 Å². The Bertz CT molecular complexity index is 410. The standard InChI is InChI=1S/C23H39NO/c1-2-3-4-5-6-7-8-9-10-11-12-13-14-15-17-20-23(25)24-21-18-16-19-22-24/h9-10H,2-5,8,11-22H2,1H3. The lowest BCUT2D eigenvalue weighted by atomic mass is 10.1. The first-order valence-electron chi connectivity index (χ1n) is 10.7. The lowest BCUT2D eigenvalue weighted by molar-refractivity contribution is -0.132. The first-order chi connectivity index (χ1) is 12.3. The molecule has 1 fully saturated rings. The summed E-state index contributed by atoms with van der Waals surface area (Å²) in [6.07, 6.45) is 22.0. The van der Waals surface area contributed by atoms with Crippen LogP contribution in [0.3, 0.4) is 0 Å². The summed E-state index contributed by atoms with van der Waals surface area (Å²) < 4.78 is 0. The summed E-state index contributed by atoms with van der Waals surface area (Å²) in [5.41, 5.74) is 0. The first kappa shape index (κ1) is 21.8. The van der Waals surface area contributed by atoms with Gasteiger partial charge in [0, 0.05) is 32.4 Å². The van der Waals surface area contributed by atoms with Crippen LogP contribution >= 0.6 is 0 Å². The van der Waals surface area contributed by atoms with Crippen LogP contribution in [0.15, 0.2) is 12.2 Å². The molecular formula is C23H39NO. The molecule has 0 bridgehead atoms. The normalized spacial score (nSPS) is 14.5. The number of allylic oxidation sites excluding steroid dienone is 2. The second-order valence-corrected chi connectivity index (χ2v) is 7.23. The highest BCUT2D eigenvalue weighted by molar-refractivity contribution is 5.76. The Morgan fingerprint density at radius 2 is 1.64 bits per heavy atom. The second kappa shape index (κ2) is 16.2. The number of hydrogen-bond donors (Lipinski definition) is 0. The van der Waals surface area contributed by atoms with Crippen molar-refractivity contribution in [1.82, 2.24) is 4.90 Å². The molecule has 25 heavy (non-hydrogen) atoms. The van der Waals surface area contributed by atoms with Crippen molar-refractivity contribution < 1.29 is 4.79 Å². The van der Waals surface area contributed by atoms with Crippen molar-refractivity contribution >= 4 is 5.91 Å². The number of rotatable bonds is 12. The monoisotopic (exact) mass is 345 g/mol. The van der Waals surface area contributed by atoms with Crippen molar-refractivity contribution in [3.8, 4) is 11.8 Å². The van der Waals surface area contributed by atoms with E-state index in [0.29, 0.717) is 5.91 Å². The van der Waals surface area contributed by atoms with Gasteiger partial charge in [0.25, 0.3) is 0 Å².